The van der Waals surface area contributed by atoms with Crippen LogP contribution in [0.5, 0.6) is 0 Å². The molecule has 2 bridgehead atoms. The maximum atomic E-state index is 12.2. The van der Waals surface area contributed by atoms with Crippen LogP contribution in [0.2, 0.25) is 0 Å². The number of aliphatic hydroxyl groups excluding tert-OH is 1. The molecular weight excluding hydrogens is 248 g/mol. The molecule has 6 heteroatoms. The first-order chi connectivity index (χ1) is 9.11. The first kappa shape index (κ1) is 12.7. The van der Waals surface area contributed by atoms with E-state index in [0.29, 0.717) is 17.8 Å². The van der Waals surface area contributed by atoms with Gasteiger partial charge in [-0.2, -0.15) is 0 Å². The van der Waals surface area contributed by atoms with E-state index in [4.69, 9.17) is 0 Å². The number of hydrogen-bond acceptors (Lipinski definition) is 4. The predicted octanol–water partition coefficient (Wildman–Crippen LogP) is -0.0398. The topological polar surface area (TPSA) is 78.9 Å². The van der Waals surface area contributed by atoms with Crippen molar-refractivity contribution in [3.8, 4) is 0 Å². The molecule has 5 atom stereocenters. The van der Waals surface area contributed by atoms with Crippen LogP contribution in [0.15, 0.2) is 0 Å². The third kappa shape index (κ3) is 1.98. The van der Waals surface area contributed by atoms with Gasteiger partial charge >= 0.3 is 6.09 Å². The molecule has 2 saturated carbocycles. The summed E-state index contributed by atoms with van der Waals surface area (Å²) in [5.74, 6) is 1.50. The average Bonchev–Trinajstić information content (AvgIpc) is 2.99. The minimum Gasteiger partial charge on any atom is -0.453 e. The highest BCUT2D eigenvalue weighted by Crippen LogP contribution is 2.54. The standard InChI is InChI=1S/C13H20N2O4/c1-19-13(18)14-3-2-10(16)15-6-8-4-7-5-9(8)11(15)12(7)17/h7-9,11-12,17H,2-6H2,1H3,(H,14,18)/t7-,8-,9+,11-,12+/m0/s1. The molecule has 2 amide bonds. The van der Waals surface area contributed by atoms with Crippen molar-refractivity contribution >= 4 is 12.0 Å². The van der Waals surface area contributed by atoms with Gasteiger partial charge in [0.15, 0.2) is 0 Å². The Morgan fingerprint density at radius 1 is 1.37 bits per heavy atom. The monoisotopic (exact) mass is 268 g/mol. The average molecular weight is 268 g/mol. The second kappa shape index (κ2) is 4.67. The van der Waals surface area contributed by atoms with E-state index in [1.54, 1.807) is 0 Å². The number of aliphatic hydroxyl groups is 1. The van der Waals surface area contributed by atoms with E-state index in [2.05, 4.69) is 10.1 Å². The van der Waals surface area contributed by atoms with Gasteiger partial charge in [0.1, 0.15) is 0 Å². The second-order valence-electron chi connectivity index (χ2n) is 5.85. The zero-order chi connectivity index (χ0) is 13.6. The van der Waals surface area contributed by atoms with Crippen LogP contribution >= 0.6 is 0 Å². The molecule has 0 aromatic carbocycles. The molecule has 1 saturated heterocycles. The number of methoxy groups -OCH3 is 1. The number of fused-ring (bicyclic) bond motifs is 1. The lowest BCUT2D eigenvalue weighted by atomic mass is 9.88. The minimum atomic E-state index is -0.518. The summed E-state index contributed by atoms with van der Waals surface area (Å²) in [7, 11) is 1.30. The van der Waals surface area contributed by atoms with Gasteiger partial charge in [-0.3, -0.25) is 4.79 Å². The van der Waals surface area contributed by atoms with Crippen molar-refractivity contribution in [3.63, 3.8) is 0 Å². The molecule has 0 unspecified atom stereocenters. The van der Waals surface area contributed by atoms with Crippen molar-refractivity contribution in [2.24, 2.45) is 17.8 Å². The Morgan fingerprint density at radius 3 is 2.84 bits per heavy atom. The molecule has 3 fully saturated rings. The number of rotatable bonds is 3. The number of nitrogens with one attached hydrogen (secondary N) is 1. The van der Waals surface area contributed by atoms with Crippen LogP contribution in [0, 0.1) is 17.8 Å². The van der Waals surface area contributed by atoms with Crippen LogP contribution < -0.4 is 5.32 Å². The molecule has 0 spiro atoms. The Morgan fingerprint density at radius 2 is 2.16 bits per heavy atom. The van der Waals surface area contributed by atoms with Crippen molar-refractivity contribution in [2.75, 3.05) is 20.2 Å². The van der Waals surface area contributed by atoms with E-state index in [9.17, 15) is 14.7 Å². The molecule has 0 radical (unpaired) electrons. The molecule has 3 aliphatic rings. The van der Waals surface area contributed by atoms with Gasteiger partial charge in [-0.05, 0) is 30.6 Å². The van der Waals surface area contributed by atoms with Crippen LogP contribution in [0.3, 0.4) is 0 Å². The van der Waals surface area contributed by atoms with Gasteiger partial charge in [0.05, 0.1) is 19.3 Å². The zero-order valence-corrected chi connectivity index (χ0v) is 11.0. The lowest BCUT2D eigenvalue weighted by molar-refractivity contribution is -0.134. The smallest absolute Gasteiger partial charge is 0.406 e. The fourth-order valence-electron chi connectivity index (χ4n) is 4.19. The van der Waals surface area contributed by atoms with Crippen LogP contribution in [-0.4, -0.2) is 54.4 Å². The predicted molar refractivity (Wildman–Crippen MR) is 66.2 cm³/mol. The van der Waals surface area contributed by atoms with E-state index < -0.39 is 6.09 Å². The number of ether oxygens (including phenoxy) is 1. The zero-order valence-electron chi connectivity index (χ0n) is 11.0. The summed E-state index contributed by atoms with van der Waals surface area (Å²) in [5.41, 5.74) is 0. The highest BCUT2D eigenvalue weighted by Gasteiger charge is 2.59. The Labute approximate surface area is 112 Å². The van der Waals surface area contributed by atoms with E-state index >= 15 is 0 Å². The van der Waals surface area contributed by atoms with Crippen molar-refractivity contribution in [3.05, 3.63) is 0 Å². The van der Waals surface area contributed by atoms with E-state index in [-0.39, 0.29) is 31.0 Å². The Kier molecular flexibility index (Phi) is 3.12. The number of carbonyl (C=O) groups is 2. The maximum Gasteiger partial charge on any atom is 0.406 e. The van der Waals surface area contributed by atoms with Gasteiger partial charge in [-0.15, -0.1) is 0 Å². The Hall–Kier alpha value is -1.30. The molecule has 0 aromatic rings. The number of likely N-dealkylation sites (tertiary alicyclic amines) is 1. The third-order valence-corrected chi connectivity index (χ3v) is 4.96. The van der Waals surface area contributed by atoms with Crippen molar-refractivity contribution < 1.29 is 19.4 Å². The van der Waals surface area contributed by atoms with Gasteiger partial charge < -0.3 is 20.1 Å². The van der Waals surface area contributed by atoms with E-state index in [0.717, 1.165) is 19.4 Å². The molecule has 106 valence electrons. The Balaban J connectivity index is 1.55. The first-order valence-electron chi connectivity index (χ1n) is 6.91. The molecule has 19 heavy (non-hydrogen) atoms. The van der Waals surface area contributed by atoms with Crippen LogP contribution in [-0.2, 0) is 9.53 Å². The maximum absolute atomic E-state index is 12.2. The number of carbonyl (C=O) groups excluding carboxylic acids is 2. The van der Waals surface area contributed by atoms with Crippen LogP contribution in [0.4, 0.5) is 4.79 Å². The normalized spacial score (nSPS) is 38.6. The van der Waals surface area contributed by atoms with Crippen LogP contribution in [0.1, 0.15) is 19.3 Å². The summed E-state index contributed by atoms with van der Waals surface area (Å²) in [6.45, 7) is 1.06. The molecule has 1 heterocycles. The minimum absolute atomic E-state index is 0.0226. The highest BCUT2D eigenvalue weighted by molar-refractivity contribution is 5.78. The van der Waals surface area contributed by atoms with E-state index in [1.165, 1.54) is 7.11 Å². The van der Waals surface area contributed by atoms with Crippen LogP contribution in [0.25, 0.3) is 0 Å². The van der Waals surface area contributed by atoms with Crippen molar-refractivity contribution in [1.29, 1.82) is 0 Å². The fourth-order valence-corrected chi connectivity index (χ4v) is 4.19. The number of nitrogens with zero attached hydrogens (tertiary/aromatic N) is 1. The van der Waals surface area contributed by atoms with Crippen molar-refractivity contribution in [1.82, 2.24) is 10.2 Å². The quantitative estimate of drug-likeness (QED) is 0.753. The van der Waals surface area contributed by atoms with Gasteiger partial charge in [0, 0.05) is 19.5 Å². The summed E-state index contributed by atoms with van der Waals surface area (Å²) in [5, 5.41) is 12.7. The van der Waals surface area contributed by atoms with Gasteiger partial charge in [0.2, 0.25) is 5.91 Å². The molecule has 0 aromatic heterocycles. The molecule has 1 aliphatic heterocycles. The molecule has 2 aliphatic carbocycles. The largest absolute Gasteiger partial charge is 0.453 e. The molecule has 6 nitrogen and oxygen atoms in total. The van der Waals surface area contributed by atoms with Crippen molar-refractivity contribution in [2.45, 2.75) is 31.4 Å². The highest BCUT2D eigenvalue weighted by atomic mass is 16.5. The first-order valence-corrected chi connectivity index (χ1v) is 6.91. The third-order valence-electron chi connectivity index (χ3n) is 4.96. The second-order valence-corrected chi connectivity index (χ2v) is 5.85. The fraction of sp³-hybridized carbons (Fsp3) is 0.846. The van der Waals surface area contributed by atoms with Gasteiger partial charge in [-0.25, -0.2) is 4.79 Å². The number of amides is 2. The summed E-state index contributed by atoms with van der Waals surface area (Å²) in [6.07, 6.45) is 1.53. The van der Waals surface area contributed by atoms with Gasteiger partial charge in [0.25, 0.3) is 0 Å². The SMILES string of the molecule is COC(=O)NCCC(=O)N1C[C@@H]2C[C@H]3C[C@H]2[C@H]1[C@@H]3O. The Bertz CT molecular complexity index is 398. The molecule has 2 N–H and O–H groups in total. The summed E-state index contributed by atoms with van der Waals surface area (Å²) in [6, 6.07) is 0.0226. The molecular formula is C13H20N2O4. The van der Waals surface area contributed by atoms with Gasteiger partial charge in [-0.1, -0.05) is 0 Å². The summed E-state index contributed by atoms with van der Waals surface area (Å²) >= 11 is 0. The number of hydrogen-bond donors (Lipinski definition) is 2. The molecule has 3 rings (SSSR count). The summed E-state index contributed by atoms with van der Waals surface area (Å²) < 4.78 is 4.45. The van der Waals surface area contributed by atoms with E-state index in [1.807, 2.05) is 4.90 Å². The number of alkyl carbamates (subject to hydrolysis) is 1. The summed E-state index contributed by atoms with van der Waals surface area (Å²) in [4.78, 5) is 24.9. The lowest BCUT2D eigenvalue weighted by Gasteiger charge is -2.28. The lowest BCUT2D eigenvalue weighted by Crippen LogP contribution is -2.44.